The molecule has 3 aromatic rings. The number of alkyl halides is 1. The number of aliphatic hydroxyl groups excluding tert-OH is 1. The first-order valence-corrected chi connectivity index (χ1v) is 19.7. The molecule has 2 fully saturated rings. The maximum absolute atomic E-state index is 11.6. The molecule has 2 aliphatic carbocycles. The van der Waals surface area contributed by atoms with Gasteiger partial charge in [0.15, 0.2) is 0 Å². The maximum atomic E-state index is 11.6. The van der Waals surface area contributed by atoms with Gasteiger partial charge >= 0.3 is 29.6 Å². The zero-order valence-electron chi connectivity index (χ0n) is 31.6. The molecule has 0 spiro atoms. The Kier molecular flexibility index (Phi) is 21.9. The van der Waals surface area contributed by atoms with Gasteiger partial charge in [0.1, 0.15) is 37.9 Å². The molecule has 2 aliphatic heterocycles. The summed E-state index contributed by atoms with van der Waals surface area (Å²) in [4.78, 5) is 35.1. The van der Waals surface area contributed by atoms with Gasteiger partial charge in [-0.25, -0.2) is 4.98 Å². The molecule has 0 bridgehead atoms. The number of morpholine rings is 2. The van der Waals surface area contributed by atoms with Crippen molar-refractivity contribution in [3.8, 4) is 6.07 Å². The summed E-state index contributed by atoms with van der Waals surface area (Å²) in [5.74, 6) is 1.14. The average molecular weight is 815 g/mol. The topological polar surface area (TPSA) is 233 Å². The van der Waals surface area contributed by atoms with Crippen LogP contribution in [0.5, 0.6) is 0 Å². The number of nitriles is 1. The number of nitrogens with one attached hydrogen (secondary N) is 1. The molecule has 2 saturated heterocycles. The number of aliphatic hydroxyl groups is 1. The summed E-state index contributed by atoms with van der Waals surface area (Å²) in [6.07, 6.45) is 8.70. The molecular formula is C36H52ClN8NaO6S2. The van der Waals surface area contributed by atoms with E-state index < -0.39 is 11.8 Å². The number of nitrogens with zero attached hydrogens (tertiary/aromatic N) is 4. The van der Waals surface area contributed by atoms with Crippen LogP contribution < -0.4 is 61.7 Å². The van der Waals surface area contributed by atoms with Gasteiger partial charge in [0.2, 0.25) is 5.91 Å². The van der Waals surface area contributed by atoms with Gasteiger partial charge in [-0.15, -0.1) is 29.5 Å². The number of H-pyrrole nitrogens is 1. The molecule has 54 heavy (non-hydrogen) atoms. The maximum Gasteiger partial charge on any atom is 1.00 e. The normalized spacial score (nSPS) is 15.7. The van der Waals surface area contributed by atoms with E-state index in [1.54, 1.807) is 13.8 Å². The van der Waals surface area contributed by atoms with Gasteiger partial charge in [-0.2, -0.15) is 5.26 Å². The molecule has 0 saturated carbocycles. The van der Waals surface area contributed by atoms with Crippen LogP contribution in [0, 0.1) is 16.0 Å². The second-order valence-electron chi connectivity index (χ2n) is 12.3. The number of aromatic nitrogens is 2. The van der Waals surface area contributed by atoms with Crippen LogP contribution in [0.2, 0.25) is 0 Å². The van der Waals surface area contributed by atoms with Crippen LogP contribution >= 0.6 is 35.2 Å². The molecule has 14 nitrogen and oxygen atoms in total. The number of carbonyl (C=O) groups is 2. The number of hydrogen-bond donors (Lipinski definition) is 5. The monoisotopic (exact) mass is 814 g/mol. The fraction of sp³-hybridized carbons (Fsp3) is 0.583. The van der Waals surface area contributed by atoms with Crippen molar-refractivity contribution in [3.05, 3.63) is 37.3 Å². The van der Waals surface area contributed by atoms with Crippen molar-refractivity contribution < 1.29 is 58.8 Å². The Morgan fingerprint density at radius 3 is 1.91 bits per heavy atom. The number of nitrogen functional groups attached to an aromatic ring is 1. The van der Waals surface area contributed by atoms with Gasteiger partial charge in [0.05, 0.1) is 37.7 Å². The van der Waals surface area contributed by atoms with Crippen molar-refractivity contribution in [1.29, 1.82) is 5.26 Å². The first-order chi connectivity index (χ1) is 25.6. The van der Waals surface area contributed by atoms with Gasteiger partial charge in [-0.1, -0.05) is 19.1 Å². The molecule has 7 rings (SSSR count). The molecular weight excluding hydrogens is 763 g/mol. The number of amides is 2. The molecule has 0 radical (unpaired) electrons. The molecule has 0 aromatic carbocycles. The fourth-order valence-electron chi connectivity index (χ4n) is 6.61. The summed E-state index contributed by atoms with van der Waals surface area (Å²) < 4.78 is 11.5. The van der Waals surface area contributed by atoms with Crippen LogP contribution in [0.15, 0.2) is 0 Å². The number of primary amides is 2. The third-order valence-electron chi connectivity index (χ3n) is 8.79. The predicted octanol–water partition coefficient (Wildman–Crippen LogP) is 0.104. The number of hydrogen-bond acceptors (Lipinski definition) is 13. The van der Waals surface area contributed by atoms with E-state index in [0.717, 1.165) is 113 Å². The van der Waals surface area contributed by atoms with Crippen LogP contribution in [0.1, 0.15) is 77.0 Å². The summed E-state index contributed by atoms with van der Waals surface area (Å²) in [5, 5.41) is 26.8. The zero-order chi connectivity index (χ0) is 38.9. The van der Waals surface area contributed by atoms with Gasteiger partial charge < -0.3 is 51.7 Å². The van der Waals surface area contributed by atoms with E-state index in [1.807, 2.05) is 0 Å². The Hall–Kier alpha value is -2.56. The van der Waals surface area contributed by atoms with Crippen LogP contribution in [0.4, 0.5) is 17.3 Å². The van der Waals surface area contributed by atoms with Gasteiger partial charge in [0, 0.05) is 38.2 Å². The smallest absolute Gasteiger partial charge is 0.855 e. The first-order valence-electron chi connectivity index (χ1n) is 18.0. The Morgan fingerprint density at radius 1 is 0.963 bits per heavy atom. The number of aromatic amines is 1. The van der Waals surface area contributed by atoms with Crippen molar-refractivity contribution in [3.63, 3.8) is 0 Å². The van der Waals surface area contributed by atoms with Crippen LogP contribution in [-0.2, 0) is 40.0 Å². The molecule has 2 amide bonds. The molecule has 0 atom stereocenters. The van der Waals surface area contributed by atoms with Gasteiger partial charge in [-0.3, -0.25) is 9.59 Å². The van der Waals surface area contributed by atoms with E-state index >= 15 is 0 Å². The predicted molar refractivity (Wildman–Crippen MR) is 211 cm³/mol. The SMILES string of the molecule is CCO.CC[O-].N#Cc1c2c(c(N3CCOCC3)[nH]c1=S)CCCC2.NC(=O)CCl.NC(=O)c1sc2nc(N3CCOCC3)c3c(c2c1N)CCCC3.[Na+]. The van der Waals surface area contributed by atoms with Crippen LogP contribution in [-0.4, -0.2) is 98.6 Å². The Morgan fingerprint density at radius 2 is 1.43 bits per heavy atom. The van der Waals surface area contributed by atoms with E-state index in [1.165, 1.54) is 46.4 Å². The third kappa shape index (κ3) is 12.7. The summed E-state index contributed by atoms with van der Waals surface area (Å²) in [6, 6.07) is 2.27. The molecule has 8 N–H and O–H groups in total. The number of nitrogens with two attached hydrogens (primary N) is 3. The van der Waals surface area contributed by atoms with Crippen molar-refractivity contribution in [2.45, 2.75) is 65.2 Å². The number of carbonyl (C=O) groups excluding carboxylic acids is 2. The quantitative estimate of drug-likeness (QED) is 0.134. The molecule has 4 aliphatic rings. The van der Waals surface area contributed by atoms with E-state index in [-0.39, 0.29) is 48.7 Å². The minimum atomic E-state index is -0.480. The molecule has 0 unspecified atom stereocenters. The number of anilines is 3. The largest absolute Gasteiger partial charge is 1.00 e. The third-order valence-corrected chi connectivity index (χ3v) is 10.5. The van der Waals surface area contributed by atoms with E-state index in [4.69, 9.17) is 60.0 Å². The number of pyridine rings is 2. The Bertz CT molecular complexity index is 1770. The van der Waals surface area contributed by atoms with Gasteiger partial charge in [-0.05, 0) is 80.5 Å². The number of rotatable bonds is 4. The molecule has 18 heteroatoms. The van der Waals surface area contributed by atoms with Crippen LogP contribution in [0.25, 0.3) is 10.2 Å². The van der Waals surface area contributed by atoms with E-state index in [9.17, 15) is 14.9 Å². The zero-order valence-corrected chi connectivity index (χ0v) is 36.0. The molecule has 3 aromatic heterocycles. The Balaban J connectivity index is 0.000000293. The minimum Gasteiger partial charge on any atom is -0.855 e. The van der Waals surface area contributed by atoms with Crippen molar-refractivity contribution >= 4 is 74.5 Å². The minimum absolute atomic E-state index is 0. The standard InChI is InChI=1S/C16H20N4O2S.C14H17N3OS.C2H4ClNO.C2H6O.C2H5O.Na/c17-12-11-9-3-1-2-4-10(9)15(20-5-7-22-8-6-20)19-16(11)23-13(12)14(18)21;15-9-12-10-3-1-2-4-11(10)13(16-14(12)19)17-5-7-18-8-6-17;3-1-2(4)5;2*1-2-3;/h1-8,17H2,(H2,18,21);1-8H2,(H,16,19);1H2,(H2,4,5);3H,2H2,1H3;2H2,1H3;/q;;;;-1;+1. The average Bonchev–Trinajstić information content (AvgIpc) is 3.52. The summed E-state index contributed by atoms with van der Waals surface area (Å²) in [5.41, 5.74) is 22.5. The van der Waals surface area contributed by atoms with E-state index in [2.05, 4.69) is 26.6 Å². The number of ether oxygens (including phenoxy) is 2. The molecule has 292 valence electrons. The summed E-state index contributed by atoms with van der Waals surface area (Å²) >= 11 is 11.5. The number of aryl methyl sites for hydroxylation is 1. The number of halogens is 1. The molecule has 5 heterocycles. The Labute approximate surface area is 353 Å². The van der Waals surface area contributed by atoms with Crippen molar-refractivity contribution in [2.24, 2.45) is 11.5 Å². The second kappa shape index (κ2) is 24.8. The van der Waals surface area contributed by atoms with Crippen molar-refractivity contribution in [1.82, 2.24) is 9.97 Å². The second-order valence-corrected chi connectivity index (χ2v) is 14.0. The summed E-state index contributed by atoms with van der Waals surface area (Å²) in [6.45, 7) is 9.97. The number of thiophene rings is 1. The van der Waals surface area contributed by atoms with Crippen LogP contribution in [0.3, 0.4) is 0 Å². The summed E-state index contributed by atoms with van der Waals surface area (Å²) in [7, 11) is 0. The van der Waals surface area contributed by atoms with Gasteiger partial charge in [0.25, 0.3) is 5.91 Å². The fourth-order valence-corrected chi connectivity index (χ4v) is 7.85. The number of fused-ring (bicyclic) bond motifs is 4. The van der Waals surface area contributed by atoms with Crippen molar-refractivity contribution in [2.75, 3.05) is 87.2 Å². The van der Waals surface area contributed by atoms with E-state index in [0.29, 0.717) is 20.8 Å². The first kappa shape index (κ1) is 47.6.